The van der Waals surface area contributed by atoms with Gasteiger partial charge < -0.3 is 4.52 Å². The van der Waals surface area contributed by atoms with Crippen molar-refractivity contribution >= 4 is 9.84 Å². The van der Waals surface area contributed by atoms with Crippen LogP contribution in [-0.2, 0) is 9.84 Å². The SMILES string of the molecule is N=c1c[n+](N2CCS(=O)(=O)CC2)[n-]o1. The second kappa shape index (κ2) is 3.12. The molecule has 0 aromatic carbocycles. The molecule has 1 aromatic heterocycles. The van der Waals surface area contributed by atoms with Gasteiger partial charge in [0.1, 0.15) is 0 Å². The molecule has 0 spiro atoms. The molecule has 0 unspecified atom stereocenters. The molecule has 1 saturated heterocycles. The average Bonchev–Trinajstić information content (AvgIpc) is 2.52. The molecule has 78 valence electrons. The van der Waals surface area contributed by atoms with E-state index in [1.165, 1.54) is 11.0 Å². The molecular weight excluding hydrogens is 208 g/mol. The summed E-state index contributed by atoms with van der Waals surface area (Å²) in [5.74, 6) is 0.250. The predicted molar refractivity (Wildman–Crippen MR) is 44.7 cm³/mol. The van der Waals surface area contributed by atoms with E-state index < -0.39 is 9.84 Å². The lowest BCUT2D eigenvalue weighted by molar-refractivity contribution is -0.763. The van der Waals surface area contributed by atoms with E-state index in [2.05, 4.69) is 9.79 Å². The summed E-state index contributed by atoms with van der Waals surface area (Å²) in [4.78, 5) is 1.37. The van der Waals surface area contributed by atoms with E-state index in [1.807, 2.05) is 0 Å². The smallest absolute Gasteiger partial charge is 0.286 e. The first-order valence-electron chi connectivity index (χ1n) is 4.13. The maximum absolute atomic E-state index is 11.1. The molecule has 1 aromatic rings. The Kier molecular flexibility index (Phi) is 2.06. The van der Waals surface area contributed by atoms with Crippen LogP contribution in [0.4, 0.5) is 0 Å². The van der Waals surface area contributed by atoms with Crippen molar-refractivity contribution in [2.75, 3.05) is 29.6 Å². The van der Waals surface area contributed by atoms with Crippen LogP contribution in [0.15, 0.2) is 10.7 Å². The van der Waals surface area contributed by atoms with E-state index in [4.69, 9.17) is 5.41 Å². The van der Waals surface area contributed by atoms with Crippen LogP contribution in [0.2, 0.25) is 0 Å². The van der Waals surface area contributed by atoms with Gasteiger partial charge in [0, 0.05) is 13.1 Å². The first kappa shape index (κ1) is 9.25. The molecule has 14 heavy (non-hydrogen) atoms. The van der Waals surface area contributed by atoms with E-state index in [1.54, 1.807) is 5.01 Å². The first-order valence-corrected chi connectivity index (χ1v) is 5.95. The third-order valence-corrected chi connectivity index (χ3v) is 3.68. The molecule has 0 amide bonds. The fraction of sp³-hybridized carbons (Fsp3) is 0.667. The summed E-state index contributed by atoms with van der Waals surface area (Å²) in [7, 11) is -2.88. The van der Waals surface area contributed by atoms with Gasteiger partial charge in [-0.25, -0.2) is 8.42 Å². The number of aromatic nitrogens is 2. The second-order valence-electron chi connectivity index (χ2n) is 3.09. The molecule has 1 aliphatic rings. The molecule has 0 bridgehead atoms. The zero-order valence-electron chi connectivity index (χ0n) is 7.38. The Labute approximate surface area is 80.3 Å². The van der Waals surface area contributed by atoms with E-state index in [0.29, 0.717) is 13.1 Å². The summed E-state index contributed by atoms with van der Waals surface area (Å²) in [5.41, 5.74) is -0.0431. The summed E-state index contributed by atoms with van der Waals surface area (Å²) in [5, 5.41) is 12.4. The summed E-state index contributed by atoms with van der Waals surface area (Å²) >= 11 is 0. The van der Waals surface area contributed by atoms with Crippen LogP contribution in [0.25, 0.3) is 0 Å². The molecule has 0 atom stereocenters. The molecular formula is C6H10N4O3S. The Balaban J connectivity index is 2.13. The highest BCUT2D eigenvalue weighted by atomic mass is 32.2. The minimum absolute atomic E-state index is 0.0431. The van der Waals surface area contributed by atoms with Crippen LogP contribution >= 0.6 is 0 Å². The number of hydrogen-bond donors (Lipinski definition) is 1. The van der Waals surface area contributed by atoms with Crippen molar-refractivity contribution in [3.8, 4) is 0 Å². The third-order valence-electron chi connectivity index (χ3n) is 2.07. The van der Waals surface area contributed by atoms with Crippen molar-refractivity contribution in [2.45, 2.75) is 0 Å². The highest BCUT2D eigenvalue weighted by Crippen LogP contribution is 1.97. The molecule has 2 heterocycles. The van der Waals surface area contributed by atoms with Crippen LogP contribution in [0.5, 0.6) is 0 Å². The van der Waals surface area contributed by atoms with Gasteiger partial charge in [0.2, 0.25) is 0 Å². The maximum atomic E-state index is 11.1. The first-order chi connectivity index (χ1) is 6.57. The van der Waals surface area contributed by atoms with Crippen LogP contribution in [0.1, 0.15) is 0 Å². The number of nitrogens with zero attached hydrogens (tertiary/aromatic N) is 3. The summed E-state index contributed by atoms with van der Waals surface area (Å²) in [6.07, 6.45) is 1.40. The number of nitrogens with one attached hydrogen (secondary N) is 1. The minimum atomic E-state index is -2.88. The standard InChI is InChI=1S/C6H10N4O3S/c7-6-5-10(8-13-6)9-1-3-14(11,12)4-2-9/h5,7H,1-4H2. The van der Waals surface area contributed by atoms with E-state index in [0.717, 1.165) is 0 Å². The fourth-order valence-electron chi connectivity index (χ4n) is 1.28. The molecule has 7 nitrogen and oxygen atoms in total. The van der Waals surface area contributed by atoms with Crippen molar-refractivity contribution in [2.24, 2.45) is 0 Å². The Hall–Kier alpha value is -1.31. The molecule has 1 aliphatic heterocycles. The van der Waals surface area contributed by atoms with E-state index in [9.17, 15) is 8.42 Å². The summed E-state index contributed by atoms with van der Waals surface area (Å²) < 4.78 is 26.8. The fourth-order valence-corrected chi connectivity index (χ4v) is 2.46. The van der Waals surface area contributed by atoms with Crippen LogP contribution in [0, 0.1) is 5.41 Å². The molecule has 0 aliphatic carbocycles. The van der Waals surface area contributed by atoms with E-state index >= 15 is 0 Å². The van der Waals surface area contributed by atoms with Gasteiger partial charge in [-0.3, -0.25) is 10.4 Å². The van der Waals surface area contributed by atoms with Gasteiger partial charge in [0.05, 0.1) is 11.5 Å². The van der Waals surface area contributed by atoms with Crippen LogP contribution < -0.4 is 20.6 Å². The summed E-state index contributed by atoms with van der Waals surface area (Å²) in [6, 6.07) is 0. The number of hydrogen-bond acceptors (Lipinski definition) is 5. The molecule has 0 saturated carbocycles. The lowest BCUT2D eigenvalue weighted by atomic mass is 10.6. The van der Waals surface area contributed by atoms with Gasteiger partial charge in [0.15, 0.2) is 9.84 Å². The van der Waals surface area contributed by atoms with Crippen molar-refractivity contribution in [3.63, 3.8) is 0 Å². The molecule has 2 rings (SSSR count). The topological polar surface area (TPSA) is 92.4 Å². The Morgan fingerprint density at radius 1 is 1.50 bits per heavy atom. The lowest BCUT2D eigenvalue weighted by Crippen LogP contribution is -2.64. The van der Waals surface area contributed by atoms with E-state index in [-0.39, 0.29) is 17.1 Å². The number of rotatable bonds is 1. The number of sulfone groups is 1. The van der Waals surface area contributed by atoms with Crippen molar-refractivity contribution in [3.05, 3.63) is 11.8 Å². The van der Waals surface area contributed by atoms with Gasteiger partial charge in [-0.05, 0) is 5.27 Å². The maximum Gasteiger partial charge on any atom is 0.286 e. The quantitative estimate of drug-likeness (QED) is 0.521. The normalized spacial score (nSPS) is 21.0. The zero-order chi connectivity index (χ0) is 10.2. The molecule has 8 heteroatoms. The Morgan fingerprint density at radius 2 is 2.14 bits per heavy atom. The highest BCUT2D eigenvalue weighted by Gasteiger charge is 2.21. The van der Waals surface area contributed by atoms with Gasteiger partial charge >= 0.3 is 0 Å². The molecule has 0 radical (unpaired) electrons. The zero-order valence-corrected chi connectivity index (χ0v) is 8.20. The van der Waals surface area contributed by atoms with Gasteiger partial charge in [0.25, 0.3) is 11.8 Å². The molecule has 1 fully saturated rings. The minimum Gasteiger partial charge on any atom is -0.380 e. The Bertz CT molecular complexity index is 459. The summed E-state index contributed by atoms with van der Waals surface area (Å²) in [6.45, 7) is 0.776. The second-order valence-corrected chi connectivity index (χ2v) is 5.40. The van der Waals surface area contributed by atoms with Gasteiger partial charge in [-0.1, -0.05) is 4.79 Å². The Morgan fingerprint density at radius 3 is 2.64 bits per heavy atom. The monoisotopic (exact) mass is 218 g/mol. The van der Waals surface area contributed by atoms with Crippen molar-refractivity contribution < 1.29 is 17.7 Å². The van der Waals surface area contributed by atoms with Crippen molar-refractivity contribution in [1.82, 2.24) is 5.27 Å². The largest absolute Gasteiger partial charge is 0.380 e. The third kappa shape index (κ3) is 1.79. The van der Waals surface area contributed by atoms with Crippen LogP contribution in [0.3, 0.4) is 0 Å². The average molecular weight is 218 g/mol. The van der Waals surface area contributed by atoms with Gasteiger partial charge in [-0.2, -0.15) is 0 Å². The van der Waals surface area contributed by atoms with Crippen LogP contribution in [-0.4, -0.2) is 33.0 Å². The van der Waals surface area contributed by atoms with Gasteiger partial charge in [-0.15, -0.1) is 0 Å². The highest BCUT2D eigenvalue weighted by molar-refractivity contribution is 7.91. The molecule has 1 N–H and O–H groups in total. The predicted octanol–water partition coefficient (Wildman–Crippen LogP) is -2.63. The lowest BCUT2D eigenvalue weighted by Gasteiger charge is -2.26. The van der Waals surface area contributed by atoms with Crippen molar-refractivity contribution in [1.29, 1.82) is 5.41 Å².